The Hall–Kier alpha value is -2.19. The number of hydrogen-bond donors (Lipinski definition) is 2. The molecule has 0 saturated carbocycles. The number of nitrogens with one attached hydrogen (secondary N) is 1. The molecule has 0 aromatic heterocycles. The second-order valence-corrected chi connectivity index (χ2v) is 7.16. The van der Waals surface area contributed by atoms with E-state index < -0.39 is 0 Å². The second-order valence-electron chi connectivity index (χ2n) is 7.16. The first-order valence-electron chi connectivity index (χ1n) is 9.36. The Morgan fingerprint density at radius 2 is 1.85 bits per heavy atom. The molecular weight excluding hydrogens is 322 g/mol. The van der Waals surface area contributed by atoms with Gasteiger partial charge in [-0.15, -0.1) is 0 Å². The van der Waals surface area contributed by atoms with E-state index in [2.05, 4.69) is 53.5 Å². The lowest BCUT2D eigenvalue weighted by molar-refractivity contribution is 0.0792. The van der Waals surface area contributed by atoms with Gasteiger partial charge in [0.05, 0.1) is 17.7 Å². The van der Waals surface area contributed by atoms with Gasteiger partial charge < -0.3 is 10.4 Å². The van der Waals surface area contributed by atoms with E-state index in [4.69, 9.17) is 5.26 Å². The molecular formula is C22H27N3O. The van der Waals surface area contributed by atoms with Crippen molar-refractivity contribution in [3.05, 3.63) is 70.8 Å². The minimum Gasteiger partial charge on any atom is -0.393 e. The van der Waals surface area contributed by atoms with Crippen LogP contribution in [0.25, 0.3) is 0 Å². The summed E-state index contributed by atoms with van der Waals surface area (Å²) in [6, 6.07) is 18.9. The van der Waals surface area contributed by atoms with Crippen LogP contribution in [0.4, 0.5) is 0 Å². The van der Waals surface area contributed by atoms with Crippen molar-refractivity contribution < 1.29 is 5.11 Å². The highest BCUT2D eigenvalue weighted by Gasteiger charge is 2.16. The molecule has 0 bridgehead atoms. The van der Waals surface area contributed by atoms with Crippen molar-refractivity contribution in [1.82, 2.24) is 10.2 Å². The highest BCUT2D eigenvalue weighted by molar-refractivity contribution is 5.34. The lowest BCUT2D eigenvalue weighted by Crippen LogP contribution is -2.35. The van der Waals surface area contributed by atoms with Crippen LogP contribution >= 0.6 is 0 Å². The largest absolute Gasteiger partial charge is 0.393 e. The Bertz CT molecular complexity index is 743. The zero-order chi connectivity index (χ0) is 18.4. The van der Waals surface area contributed by atoms with Gasteiger partial charge in [0.25, 0.3) is 0 Å². The molecule has 2 N–H and O–H groups in total. The number of benzene rings is 2. The number of aliphatic hydroxyl groups is 1. The molecule has 2 aromatic carbocycles. The lowest BCUT2D eigenvalue weighted by atomic mass is 10.0. The molecule has 4 nitrogen and oxygen atoms in total. The number of aliphatic hydroxyl groups excluding tert-OH is 1. The topological polar surface area (TPSA) is 59.3 Å². The molecule has 0 amide bonds. The van der Waals surface area contributed by atoms with E-state index >= 15 is 0 Å². The van der Waals surface area contributed by atoms with E-state index in [1.807, 2.05) is 18.2 Å². The summed E-state index contributed by atoms with van der Waals surface area (Å²) >= 11 is 0. The molecule has 136 valence electrons. The van der Waals surface area contributed by atoms with Crippen molar-refractivity contribution >= 4 is 0 Å². The van der Waals surface area contributed by atoms with Crippen LogP contribution in [0.2, 0.25) is 0 Å². The smallest absolute Gasteiger partial charge is 0.0991 e. The Balaban J connectivity index is 1.50. The van der Waals surface area contributed by atoms with Crippen molar-refractivity contribution in [3.8, 4) is 6.07 Å². The van der Waals surface area contributed by atoms with Crippen LogP contribution in [0.5, 0.6) is 0 Å². The fraction of sp³-hybridized carbons (Fsp3) is 0.409. The molecule has 1 saturated heterocycles. The van der Waals surface area contributed by atoms with Crippen LogP contribution in [0.1, 0.15) is 48.1 Å². The number of hydrogen-bond acceptors (Lipinski definition) is 4. The third-order valence-corrected chi connectivity index (χ3v) is 5.11. The number of nitrogens with zero attached hydrogens (tertiary/aromatic N) is 2. The number of nitriles is 1. The van der Waals surface area contributed by atoms with Crippen LogP contribution in [-0.4, -0.2) is 29.2 Å². The summed E-state index contributed by atoms with van der Waals surface area (Å²) in [5, 5.41) is 22.1. The zero-order valence-corrected chi connectivity index (χ0v) is 15.4. The molecule has 0 aliphatic carbocycles. The van der Waals surface area contributed by atoms with Gasteiger partial charge in [-0.25, -0.2) is 0 Å². The molecule has 26 heavy (non-hydrogen) atoms. The van der Waals surface area contributed by atoms with Crippen molar-refractivity contribution in [3.63, 3.8) is 0 Å². The Morgan fingerprint density at radius 3 is 2.54 bits per heavy atom. The van der Waals surface area contributed by atoms with E-state index in [1.54, 1.807) is 0 Å². The molecule has 0 radical (unpaired) electrons. The maximum absolute atomic E-state index is 9.60. The SMILES string of the molecule is C[C@@H](NCc1ccc(CN2CCC(O)CC2)cc1)c1cccc(C#N)c1. The molecule has 0 spiro atoms. The number of piperidine rings is 1. The van der Waals surface area contributed by atoms with E-state index in [0.717, 1.165) is 44.6 Å². The maximum Gasteiger partial charge on any atom is 0.0991 e. The Morgan fingerprint density at radius 1 is 1.15 bits per heavy atom. The zero-order valence-electron chi connectivity index (χ0n) is 15.4. The normalized spacial score (nSPS) is 17.0. The van der Waals surface area contributed by atoms with Gasteiger partial charge in [0.2, 0.25) is 0 Å². The van der Waals surface area contributed by atoms with Gasteiger partial charge >= 0.3 is 0 Å². The monoisotopic (exact) mass is 349 g/mol. The average Bonchev–Trinajstić information content (AvgIpc) is 2.69. The lowest BCUT2D eigenvalue weighted by Gasteiger charge is -2.29. The average molecular weight is 349 g/mol. The minimum atomic E-state index is -0.115. The summed E-state index contributed by atoms with van der Waals surface area (Å²) in [5.41, 5.74) is 4.41. The summed E-state index contributed by atoms with van der Waals surface area (Å²) in [6.45, 7) is 5.83. The molecule has 4 heteroatoms. The van der Waals surface area contributed by atoms with E-state index in [1.165, 1.54) is 11.1 Å². The molecule has 1 fully saturated rings. The second kappa shape index (κ2) is 8.95. The minimum absolute atomic E-state index is 0.115. The summed E-state index contributed by atoms with van der Waals surface area (Å²) in [6.07, 6.45) is 1.65. The highest BCUT2D eigenvalue weighted by atomic mass is 16.3. The molecule has 1 atom stereocenters. The summed E-state index contributed by atoms with van der Waals surface area (Å²) < 4.78 is 0. The van der Waals surface area contributed by atoms with Crippen molar-refractivity contribution in [2.45, 2.75) is 45.0 Å². The first-order valence-corrected chi connectivity index (χ1v) is 9.36. The fourth-order valence-electron chi connectivity index (χ4n) is 3.36. The van der Waals surface area contributed by atoms with Crippen LogP contribution in [0.15, 0.2) is 48.5 Å². The van der Waals surface area contributed by atoms with Gasteiger partial charge in [-0.3, -0.25) is 4.90 Å². The van der Waals surface area contributed by atoms with Gasteiger partial charge in [0, 0.05) is 32.2 Å². The van der Waals surface area contributed by atoms with Crippen LogP contribution in [0, 0.1) is 11.3 Å². The predicted octanol–water partition coefficient (Wildman–Crippen LogP) is 3.37. The summed E-state index contributed by atoms with van der Waals surface area (Å²) in [4.78, 5) is 2.41. The molecule has 2 aromatic rings. The van der Waals surface area contributed by atoms with Gasteiger partial charge in [0.1, 0.15) is 0 Å². The maximum atomic E-state index is 9.60. The van der Waals surface area contributed by atoms with Crippen LogP contribution in [0.3, 0.4) is 0 Å². The summed E-state index contributed by atoms with van der Waals surface area (Å²) in [5.74, 6) is 0. The first-order chi connectivity index (χ1) is 12.6. The van der Waals surface area contributed by atoms with Gasteiger partial charge in [-0.1, -0.05) is 36.4 Å². The molecule has 1 aliphatic heterocycles. The highest BCUT2D eigenvalue weighted by Crippen LogP contribution is 2.16. The van der Waals surface area contributed by atoms with Gasteiger partial charge in [-0.05, 0) is 48.6 Å². The third-order valence-electron chi connectivity index (χ3n) is 5.11. The molecule has 1 heterocycles. The Labute approximate surface area is 156 Å². The predicted molar refractivity (Wildman–Crippen MR) is 103 cm³/mol. The van der Waals surface area contributed by atoms with E-state index in [-0.39, 0.29) is 12.1 Å². The van der Waals surface area contributed by atoms with Gasteiger partial charge in [-0.2, -0.15) is 5.26 Å². The number of rotatable bonds is 6. The molecule has 3 rings (SSSR count). The van der Waals surface area contributed by atoms with Gasteiger partial charge in [0.15, 0.2) is 0 Å². The fourth-order valence-corrected chi connectivity index (χ4v) is 3.36. The quantitative estimate of drug-likeness (QED) is 0.839. The summed E-state index contributed by atoms with van der Waals surface area (Å²) in [7, 11) is 0. The third kappa shape index (κ3) is 5.15. The Kier molecular flexibility index (Phi) is 6.40. The van der Waals surface area contributed by atoms with Crippen LogP contribution < -0.4 is 5.32 Å². The molecule has 0 unspecified atom stereocenters. The first kappa shape index (κ1) is 18.6. The van der Waals surface area contributed by atoms with Crippen molar-refractivity contribution in [2.24, 2.45) is 0 Å². The van der Waals surface area contributed by atoms with E-state index in [9.17, 15) is 5.11 Å². The number of likely N-dealkylation sites (tertiary alicyclic amines) is 1. The van der Waals surface area contributed by atoms with E-state index in [0.29, 0.717) is 5.56 Å². The standard InChI is InChI=1S/C22H27N3O/c1-17(21-4-2-3-20(13-21)14-23)24-15-18-5-7-19(8-6-18)16-25-11-9-22(26)10-12-25/h2-8,13,17,22,24,26H,9-12,15-16H2,1H3/t17-/m1/s1. The molecule has 1 aliphatic rings. The van der Waals surface area contributed by atoms with Crippen molar-refractivity contribution in [2.75, 3.05) is 13.1 Å². The van der Waals surface area contributed by atoms with Crippen molar-refractivity contribution in [1.29, 1.82) is 5.26 Å². The van der Waals surface area contributed by atoms with Crippen LogP contribution in [-0.2, 0) is 13.1 Å².